The maximum absolute atomic E-state index is 12.5. The van der Waals surface area contributed by atoms with Crippen molar-refractivity contribution in [3.05, 3.63) is 46.8 Å². The summed E-state index contributed by atoms with van der Waals surface area (Å²) in [5, 5.41) is 2.66. The topological polar surface area (TPSA) is 107 Å². The maximum Gasteiger partial charge on any atom is 0.355 e. The largest absolute Gasteiger partial charge is 0.497 e. The number of hydrogen-bond donors (Lipinski definition) is 2. The summed E-state index contributed by atoms with van der Waals surface area (Å²) in [6.07, 6.45) is -1.33. The number of anilines is 1. The Morgan fingerprint density at radius 1 is 0.966 bits per heavy atom. The number of rotatable bonds is 7. The predicted octanol–water partition coefficient (Wildman–Crippen LogP) is 3.39. The van der Waals surface area contributed by atoms with Crippen LogP contribution in [-0.4, -0.2) is 42.1 Å². The molecule has 2 N–H and O–H groups in total. The lowest BCUT2D eigenvalue weighted by Gasteiger charge is -2.14. The number of benzene rings is 1. The van der Waals surface area contributed by atoms with Gasteiger partial charge in [-0.25, -0.2) is 9.59 Å². The van der Waals surface area contributed by atoms with Crippen molar-refractivity contribution in [3.63, 3.8) is 0 Å². The van der Waals surface area contributed by atoms with Crippen LogP contribution in [0.2, 0.25) is 0 Å². The minimum absolute atomic E-state index is 0.113. The molecule has 0 aliphatic rings. The average Bonchev–Trinajstić information content (AvgIpc) is 2.96. The zero-order valence-corrected chi connectivity index (χ0v) is 17.4. The Balaban J connectivity index is 2.06. The number of H-pyrrole nitrogens is 1. The Hall–Kier alpha value is -3.29. The monoisotopic (exact) mass is 402 g/mol. The Kier molecular flexibility index (Phi) is 7.03. The zero-order valence-electron chi connectivity index (χ0n) is 17.4. The molecule has 2 aromatic rings. The molecular formula is C21H26N2O6. The third-order valence-electron chi connectivity index (χ3n) is 4.20. The number of carbonyl (C=O) groups is 3. The van der Waals surface area contributed by atoms with Crippen molar-refractivity contribution in [3.8, 4) is 5.75 Å². The van der Waals surface area contributed by atoms with Crippen molar-refractivity contribution < 1.29 is 28.6 Å². The molecule has 2 rings (SSSR count). The molecule has 1 heterocycles. The third kappa shape index (κ3) is 5.37. The molecule has 1 aromatic heterocycles. The van der Waals surface area contributed by atoms with Crippen LogP contribution < -0.4 is 10.1 Å². The van der Waals surface area contributed by atoms with Gasteiger partial charge < -0.3 is 24.5 Å². The van der Waals surface area contributed by atoms with Gasteiger partial charge in [-0.15, -0.1) is 0 Å². The molecule has 1 aromatic carbocycles. The molecule has 0 radical (unpaired) electrons. The summed E-state index contributed by atoms with van der Waals surface area (Å²) in [5.41, 5.74) is 1.86. The fourth-order valence-electron chi connectivity index (χ4n) is 2.72. The fourth-order valence-corrected chi connectivity index (χ4v) is 2.72. The molecule has 0 saturated carbocycles. The molecule has 0 fully saturated rings. The third-order valence-corrected chi connectivity index (χ3v) is 4.20. The molecule has 29 heavy (non-hydrogen) atoms. The van der Waals surface area contributed by atoms with Gasteiger partial charge in [0.15, 0.2) is 6.10 Å². The van der Waals surface area contributed by atoms with Gasteiger partial charge in [0, 0.05) is 11.4 Å². The number of carbonyl (C=O) groups excluding carboxylic acids is 3. The van der Waals surface area contributed by atoms with Crippen LogP contribution in [0.15, 0.2) is 24.3 Å². The van der Waals surface area contributed by atoms with Gasteiger partial charge in [0.1, 0.15) is 11.4 Å². The SMILES string of the molecule is COc1ccc(NC(=O)C(C)OC(=O)c2[nH]c(C)c(C(=O)OC(C)C)c2C)cc1. The summed E-state index contributed by atoms with van der Waals surface area (Å²) in [6.45, 7) is 8.25. The van der Waals surface area contributed by atoms with Crippen molar-refractivity contribution in [2.24, 2.45) is 0 Å². The van der Waals surface area contributed by atoms with Gasteiger partial charge in [-0.2, -0.15) is 0 Å². The smallest absolute Gasteiger partial charge is 0.355 e. The molecule has 0 aliphatic carbocycles. The van der Waals surface area contributed by atoms with E-state index < -0.39 is 23.9 Å². The molecule has 0 saturated heterocycles. The number of methoxy groups -OCH3 is 1. The predicted molar refractivity (Wildman–Crippen MR) is 107 cm³/mol. The first-order valence-corrected chi connectivity index (χ1v) is 9.20. The summed E-state index contributed by atoms with van der Waals surface area (Å²) < 4.78 is 15.5. The van der Waals surface area contributed by atoms with E-state index in [1.54, 1.807) is 59.1 Å². The number of amides is 1. The molecule has 156 valence electrons. The number of aryl methyl sites for hydroxylation is 1. The minimum Gasteiger partial charge on any atom is -0.497 e. The second-order valence-corrected chi connectivity index (χ2v) is 6.84. The number of aromatic nitrogens is 1. The van der Waals surface area contributed by atoms with Crippen LogP contribution in [0.25, 0.3) is 0 Å². The lowest BCUT2D eigenvalue weighted by Crippen LogP contribution is -2.30. The summed E-state index contributed by atoms with van der Waals surface area (Å²) >= 11 is 0. The molecule has 1 unspecified atom stereocenters. The quantitative estimate of drug-likeness (QED) is 0.688. The lowest BCUT2D eigenvalue weighted by molar-refractivity contribution is -0.123. The lowest BCUT2D eigenvalue weighted by atomic mass is 10.1. The van der Waals surface area contributed by atoms with Gasteiger partial charge in [0.2, 0.25) is 0 Å². The van der Waals surface area contributed by atoms with Crippen LogP contribution in [0.5, 0.6) is 5.75 Å². The summed E-state index contributed by atoms with van der Waals surface area (Å²) in [7, 11) is 1.55. The molecule has 1 atom stereocenters. The van der Waals surface area contributed by atoms with Crippen LogP contribution in [0.1, 0.15) is 52.9 Å². The Labute approximate surface area is 169 Å². The normalized spacial score (nSPS) is 11.7. The van der Waals surface area contributed by atoms with Crippen LogP contribution in [0, 0.1) is 13.8 Å². The highest BCUT2D eigenvalue weighted by Gasteiger charge is 2.27. The van der Waals surface area contributed by atoms with Gasteiger partial charge in [0.05, 0.1) is 18.8 Å². The van der Waals surface area contributed by atoms with Gasteiger partial charge in [-0.1, -0.05) is 0 Å². The van der Waals surface area contributed by atoms with E-state index in [0.717, 1.165) is 0 Å². The molecule has 0 aliphatic heterocycles. The standard InChI is InChI=1S/C21H26N2O6/c1-11(2)28-20(25)17-12(3)18(22-13(17)4)21(26)29-14(5)19(24)23-15-7-9-16(27-6)10-8-15/h7-11,14,22H,1-6H3,(H,23,24). The Morgan fingerprint density at radius 2 is 1.59 bits per heavy atom. The summed E-state index contributed by atoms with van der Waals surface area (Å²) in [6, 6.07) is 6.76. The maximum atomic E-state index is 12.5. The van der Waals surface area contributed by atoms with Gasteiger partial charge >= 0.3 is 11.9 Å². The van der Waals surface area contributed by atoms with Crippen LogP contribution in [0.4, 0.5) is 5.69 Å². The van der Waals surface area contributed by atoms with Crippen LogP contribution in [-0.2, 0) is 14.3 Å². The number of esters is 2. The molecule has 0 spiro atoms. The van der Waals surface area contributed by atoms with E-state index in [0.29, 0.717) is 28.3 Å². The average molecular weight is 402 g/mol. The van der Waals surface area contributed by atoms with E-state index in [1.165, 1.54) is 6.92 Å². The van der Waals surface area contributed by atoms with Crippen molar-refractivity contribution in [1.82, 2.24) is 4.98 Å². The van der Waals surface area contributed by atoms with E-state index >= 15 is 0 Å². The molecule has 0 bridgehead atoms. The van der Waals surface area contributed by atoms with Gasteiger partial charge in [0.25, 0.3) is 5.91 Å². The van der Waals surface area contributed by atoms with E-state index in [1.807, 2.05) is 0 Å². The van der Waals surface area contributed by atoms with E-state index in [-0.39, 0.29) is 11.8 Å². The molecular weight excluding hydrogens is 376 g/mol. The first kappa shape index (κ1) is 22.0. The molecule has 8 nitrogen and oxygen atoms in total. The van der Waals surface area contributed by atoms with Crippen LogP contribution in [0.3, 0.4) is 0 Å². The van der Waals surface area contributed by atoms with E-state index in [4.69, 9.17) is 14.2 Å². The Bertz CT molecular complexity index is 899. The first-order valence-electron chi connectivity index (χ1n) is 9.20. The second kappa shape index (κ2) is 9.27. The zero-order chi connectivity index (χ0) is 21.7. The highest BCUT2D eigenvalue weighted by molar-refractivity contribution is 6.00. The first-order chi connectivity index (χ1) is 13.6. The van der Waals surface area contributed by atoms with Crippen molar-refractivity contribution in [2.45, 2.75) is 46.8 Å². The van der Waals surface area contributed by atoms with Gasteiger partial charge in [-0.3, -0.25) is 4.79 Å². The summed E-state index contributed by atoms with van der Waals surface area (Å²) in [5.74, 6) is -1.07. The molecule has 8 heteroatoms. The second-order valence-electron chi connectivity index (χ2n) is 6.84. The number of ether oxygens (including phenoxy) is 3. The summed E-state index contributed by atoms with van der Waals surface area (Å²) in [4.78, 5) is 39.9. The van der Waals surface area contributed by atoms with E-state index in [2.05, 4.69) is 10.3 Å². The van der Waals surface area contributed by atoms with Crippen molar-refractivity contribution in [1.29, 1.82) is 0 Å². The molecule has 1 amide bonds. The number of nitrogens with one attached hydrogen (secondary N) is 2. The van der Waals surface area contributed by atoms with Gasteiger partial charge in [-0.05, 0) is 64.4 Å². The Morgan fingerprint density at radius 3 is 2.14 bits per heavy atom. The van der Waals surface area contributed by atoms with Crippen LogP contribution >= 0.6 is 0 Å². The highest BCUT2D eigenvalue weighted by atomic mass is 16.6. The minimum atomic E-state index is -1.04. The highest BCUT2D eigenvalue weighted by Crippen LogP contribution is 2.21. The van der Waals surface area contributed by atoms with Crippen molar-refractivity contribution in [2.75, 3.05) is 12.4 Å². The fraction of sp³-hybridized carbons (Fsp3) is 0.381. The van der Waals surface area contributed by atoms with Crippen molar-refractivity contribution >= 4 is 23.5 Å². The number of hydrogen-bond acceptors (Lipinski definition) is 6. The van der Waals surface area contributed by atoms with E-state index in [9.17, 15) is 14.4 Å². The number of aromatic amines is 1.